The summed E-state index contributed by atoms with van der Waals surface area (Å²) in [6.07, 6.45) is -3.65. The number of nitrogens with zero attached hydrogens (tertiary/aromatic N) is 1. The van der Waals surface area contributed by atoms with Crippen molar-refractivity contribution in [1.82, 2.24) is 5.32 Å². The van der Waals surface area contributed by atoms with Crippen LogP contribution in [0.5, 0.6) is 0 Å². The quantitative estimate of drug-likeness (QED) is 0.188. The van der Waals surface area contributed by atoms with Crippen LogP contribution in [0.2, 0.25) is 0 Å². The molecule has 0 radical (unpaired) electrons. The van der Waals surface area contributed by atoms with Gasteiger partial charge in [0.15, 0.2) is 5.96 Å². The van der Waals surface area contributed by atoms with Gasteiger partial charge in [0.05, 0.1) is 18.7 Å². The minimum absolute atomic E-state index is 0.371. The average Bonchev–Trinajstić information content (AvgIpc) is 2.45. The van der Waals surface area contributed by atoms with E-state index in [1.165, 1.54) is 6.92 Å². The Bertz CT molecular complexity index is 518. The minimum atomic E-state index is -1.70. The molecule has 0 aliphatic carbocycles. The van der Waals surface area contributed by atoms with Gasteiger partial charge in [-0.2, -0.15) is 0 Å². The second-order valence-electron chi connectivity index (χ2n) is 4.93. The van der Waals surface area contributed by atoms with Crippen LogP contribution in [-0.4, -0.2) is 75.3 Å². The highest BCUT2D eigenvalue weighted by molar-refractivity contribution is 5.85. The summed E-state index contributed by atoms with van der Waals surface area (Å²) in [5, 5.41) is 40.1. The second-order valence-corrected chi connectivity index (χ2v) is 4.93. The summed E-state index contributed by atoms with van der Waals surface area (Å²) >= 11 is 0. The smallest absolute Gasteiger partial charge is 0.370 e. The van der Waals surface area contributed by atoms with Crippen LogP contribution in [-0.2, 0) is 14.3 Å². The Kier molecular flexibility index (Phi) is 6.30. The molecule has 11 heteroatoms. The molecule has 0 spiro atoms. The van der Waals surface area contributed by atoms with Gasteiger partial charge in [-0.15, -0.1) is 0 Å². The van der Waals surface area contributed by atoms with E-state index in [4.69, 9.17) is 26.4 Å². The zero-order chi connectivity index (χ0) is 17.7. The van der Waals surface area contributed by atoms with E-state index in [1.807, 2.05) is 0 Å². The fraction of sp³-hybridized carbons (Fsp3) is 0.583. The van der Waals surface area contributed by atoms with Crippen molar-refractivity contribution in [2.75, 3.05) is 6.61 Å². The number of amides is 1. The molecule has 0 bridgehead atoms. The van der Waals surface area contributed by atoms with E-state index in [0.29, 0.717) is 0 Å². The number of nitrogens with two attached hydrogens (primary N) is 2. The molecule has 0 fully saturated rings. The average molecular weight is 332 g/mol. The van der Waals surface area contributed by atoms with Crippen LogP contribution in [0.1, 0.15) is 6.92 Å². The summed E-state index contributed by atoms with van der Waals surface area (Å²) in [6, 6.07) is -2.11. The van der Waals surface area contributed by atoms with Gasteiger partial charge in [0.1, 0.15) is 18.3 Å². The summed E-state index contributed by atoms with van der Waals surface area (Å²) in [5.74, 6) is -2.89. The number of carbonyl (C=O) groups excluding carboxylic acids is 1. The van der Waals surface area contributed by atoms with Crippen molar-refractivity contribution in [1.29, 1.82) is 0 Å². The normalized spacial score (nSPS) is 26.3. The van der Waals surface area contributed by atoms with Crippen molar-refractivity contribution in [3.8, 4) is 0 Å². The van der Waals surface area contributed by atoms with Crippen molar-refractivity contribution < 1.29 is 34.8 Å². The Labute approximate surface area is 131 Å². The van der Waals surface area contributed by atoms with Gasteiger partial charge in [0.25, 0.3) is 0 Å². The number of aliphatic imine (C=N–C) groups is 1. The Morgan fingerprint density at radius 2 is 2.04 bits per heavy atom. The third kappa shape index (κ3) is 4.81. The molecule has 0 unspecified atom stereocenters. The molecule has 0 aromatic carbocycles. The molecule has 0 aromatic rings. The first kappa shape index (κ1) is 18.7. The highest BCUT2D eigenvalue weighted by Crippen LogP contribution is 2.24. The maximum Gasteiger partial charge on any atom is 0.370 e. The lowest BCUT2D eigenvalue weighted by Gasteiger charge is -2.38. The Morgan fingerprint density at radius 1 is 1.43 bits per heavy atom. The third-order valence-electron chi connectivity index (χ3n) is 3.10. The minimum Gasteiger partial charge on any atom is -0.478 e. The molecule has 23 heavy (non-hydrogen) atoms. The molecule has 1 heterocycles. The predicted molar refractivity (Wildman–Crippen MR) is 76.9 cm³/mol. The first-order valence-corrected chi connectivity index (χ1v) is 6.62. The van der Waals surface area contributed by atoms with Crippen LogP contribution in [0.25, 0.3) is 0 Å². The van der Waals surface area contributed by atoms with Gasteiger partial charge in [0, 0.05) is 6.92 Å². The summed E-state index contributed by atoms with van der Waals surface area (Å²) in [5.41, 5.74) is 10.6. The maximum atomic E-state index is 11.4. The van der Waals surface area contributed by atoms with Gasteiger partial charge in [-0.1, -0.05) is 0 Å². The lowest BCUT2D eigenvalue weighted by Crippen LogP contribution is -2.59. The number of carboxylic acid groups (broad SMARTS) is 1. The van der Waals surface area contributed by atoms with E-state index in [9.17, 15) is 19.8 Å². The van der Waals surface area contributed by atoms with Crippen molar-refractivity contribution in [2.45, 2.75) is 37.3 Å². The van der Waals surface area contributed by atoms with E-state index in [1.54, 1.807) is 0 Å². The van der Waals surface area contributed by atoms with Crippen LogP contribution in [0.4, 0.5) is 0 Å². The summed E-state index contributed by atoms with van der Waals surface area (Å²) in [4.78, 5) is 26.3. The van der Waals surface area contributed by atoms with E-state index in [2.05, 4.69) is 10.3 Å². The molecule has 0 saturated carbocycles. The number of hydrogen-bond donors (Lipinski definition) is 7. The largest absolute Gasteiger partial charge is 0.478 e. The topological polar surface area (TPSA) is 201 Å². The first-order chi connectivity index (χ1) is 10.7. The predicted octanol–water partition coefficient (Wildman–Crippen LogP) is -3.79. The molecule has 5 atom stereocenters. The number of aliphatic hydroxyl groups is 3. The number of ether oxygens (including phenoxy) is 1. The van der Waals surface area contributed by atoms with Gasteiger partial charge in [0.2, 0.25) is 11.7 Å². The van der Waals surface area contributed by atoms with E-state index in [0.717, 1.165) is 6.08 Å². The van der Waals surface area contributed by atoms with Crippen LogP contribution in [0.3, 0.4) is 0 Å². The fourth-order valence-corrected chi connectivity index (χ4v) is 2.14. The number of guanidine groups is 1. The first-order valence-electron chi connectivity index (χ1n) is 6.62. The molecule has 1 aliphatic heterocycles. The van der Waals surface area contributed by atoms with Crippen molar-refractivity contribution >= 4 is 17.8 Å². The Balaban J connectivity index is 3.28. The standard InChI is InChI=1S/C12H20N4O7/c1-4(18)15-8-5(16-12(13)14)2-7(11(21)22)23-10(8)9(20)6(19)3-17/h2,5-6,8-10,17,19-20H,3H2,1H3,(H,15,18)(H,21,22)(H4,13,14,16)/t5-,6+,8+,9+,10+/m1/s1. The van der Waals surface area contributed by atoms with Crippen molar-refractivity contribution in [3.63, 3.8) is 0 Å². The van der Waals surface area contributed by atoms with Gasteiger partial charge < -0.3 is 41.9 Å². The molecule has 130 valence electrons. The number of aliphatic hydroxyl groups excluding tert-OH is 3. The van der Waals surface area contributed by atoms with Gasteiger partial charge in [-0.3, -0.25) is 4.79 Å². The lowest BCUT2D eigenvalue weighted by molar-refractivity contribution is -0.145. The number of rotatable bonds is 6. The van der Waals surface area contributed by atoms with Crippen molar-refractivity contribution in [2.24, 2.45) is 16.5 Å². The molecule has 11 nitrogen and oxygen atoms in total. The number of nitrogens with one attached hydrogen (secondary N) is 1. The fourth-order valence-electron chi connectivity index (χ4n) is 2.14. The second kappa shape index (κ2) is 7.76. The Morgan fingerprint density at radius 3 is 2.48 bits per heavy atom. The molecule has 1 amide bonds. The summed E-state index contributed by atoms with van der Waals surface area (Å²) in [7, 11) is 0. The van der Waals surface area contributed by atoms with Crippen LogP contribution in [0, 0.1) is 0 Å². The zero-order valence-electron chi connectivity index (χ0n) is 12.3. The van der Waals surface area contributed by atoms with E-state index in [-0.39, 0.29) is 5.96 Å². The highest BCUT2D eigenvalue weighted by atomic mass is 16.5. The number of aliphatic carboxylic acids is 1. The highest BCUT2D eigenvalue weighted by Gasteiger charge is 2.43. The monoisotopic (exact) mass is 332 g/mol. The Hall–Kier alpha value is -2.37. The van der Waals surface area contributed by atoms with Crippen LogP contribution in [0.15, 0.2) is 16.8 Å². The molecule has 9 N–H and O–H groups in total. The third-order valence-corrected chi connectivity index (χ3v) is 3.10. The molecular formula is C12H20N4O7. The van der Waals surface area contributed by atoms with Crippen LogP contribution < -0.4 is 16.8 Å². The van der Waals surface area contributed by atoms with Crippen LogP contribution >= 0.6 is 0 Å². The summed E-state index contributed by atoms with van der Waals surface area (Å²) in [6.45, 7) is 0.391. The number of hydrogen-bond acceptors (Lipinski definition) is 7. The van der Waals surface area contributed by atoms with E-state index >= 15 is 0 Å². The summed E-state index contributed by atoms with van der Waals surface area (Å²) < 4.78 is 5.13. The number of carbonyl (C=O) groups is 2. The molecular weight excluding hydrogens is 312 g/mol. The molecule has 0 aromatic heterocycles. The lowest BCUT2D eigenvalue weighted by atomic mass is 9.92. The van der Waals surface area contributed by atoms with Crippen molar-refractivity contribution in [3.05, 3.63) is 11.8 Å². The maximum absolute atomic E-state index is 11.4. The zero-order valence-corrected chi connectivity index (χ0v) is 12.3. The van der Waals surface area contributed by atoms with Gasteiger partial charge in [-0.05, 0) is 6.08 Å². The SMILES string of the molecule is CC(=O)N[C@@H]1[C@@H]([C@@H](O)[C@@H](O)CO)OC(C(=O)O)=C[C@H]1N=C(N)N. The molecule has 1 aliphatic rings. The molecule has 1 rings (SSSR count). The van der Waals surface area contributed by atoms with Gasteiger partial charge >= 0.3 is 5.97 Å². The molecule has 0 saturated heterocycles. The number of carboxylic acids is 1. The van der Waals surface area contributed by atoms with E-state index < -0.39 is 54.6 Å². The van der Waals surface area contributed by atoms with Gasteiger partial charge in [-0.25, -0.2) is 9.79 Å².